The third kappa shape index (κ3) is 7.07. The van der Waals surface area contributed by atoms with E-state index in [1.165, 1.54) is 18.3 Å². The van der Waals surface area contributed by atoms with Gasteiger partial charge in [0.25, 0.3) is 11.5 Å². The number of nitrogens with zero attached hydrogens (tertiary/aromatic N) is 3. The van der Waals surface area contributed by atoms with E-state index in [1.54, 1.807) is 6.20 Å². The molecule has 2 aromatic carbocycles. The van der Waals surface area contributed by atoms with Gasteiger partial charge in [-0.1, -0.05) is 11.8 Å². The Hall–Kier alpha value is -4.62. The molecule has 4 rings (SSSR count). The van der Waals surface area contributed by atoms with E-state index in [0.29, 0.717) is 17.9 Å². The van der Waals surface area contributed by atoms with Crippen molar-refractivity contribution in [2.24, 2.45) is 0 Å². The second kappa shape index (κ2) is 13.0. The lowest BCUT2D eigenvalue weighted by Gasteiger charge is -2.11. The van der Waals surface area contributed by atoms with E-state index in [-0.39, 0.29) is 24.2 Å². The van der Waals surface area contributed by atoms with Crippen LogP contribution in [-0.2, 0) is 6.54 Å². The number of carbonyl (C=O) groups excluding carboxylic acids is 1. The lowest BCUT2D eigenvalue weighted by Crippen LogP contribution is -2.33. The van der Waals surface area contributed by atoms with Crippen molar-refractivity contribution >= 4 is 16.8 Å². The summed E-state index contributed by atoms with van der Waals surface area (Å²) < 4.78 is 47.4. The molecule has 1 amide bonds. The number of hydrogen-bond acceptors (Lipinski definition) is 5. The first-order chi connectivity index (χ1) is 19.2. The summed E-state index contributed by atoms with van der Waals surface area (Å²) in [7, 11) is 4.02. The summed E-state index contributed by atoms with van der Waals surface area (Å²) >= 11 is 0. The van der Waals surface area contributed by atoms with Crippen molar-refractivity contribution in [1.82, 2.24) is 19.8 Å². The van der Waals surface area contributed by atoms with E-state index in [9.17, 15) is 22.8 Å². The van der Waals surface area contributed by atoms with Crippen LogP contribution in [0.25, 0.3) is 10.9 Å². The van der Waals surface area contributed by atoms with Crippen molar-refractivity contribution in [2.75, 3.05) is 33.8 Å². The number of aromatic nitrogens is 2. The van der Waals surface area contributed by atoms with Gasteiger partial charge in [0.2, 0.25) is 0 Å². The number of nitrogens with one attached hydrogen (secondary N) is 1. The summed E-state index contributed by atoms with van der Waals surface area (Å²) in [5, 5.41) is 3.41. The van der Waals surface area contributed by atoms with Crippen molar-refractivity contribution in [3.63, 3.8) is 0 Å². The van der Waals surface area contributed by atoms with E-state index in [0.717, 1.165) is 40.6 Å². The van der Waals surface area contributed by atoms with Gasteiger partial charge in [0.05, 0.1) is 25.2 Å². The predicted molar refractivity (Wildman–Crippen MR) is 146 cm³/mol. The first kappa shape index (κ1) is 28.4. The first-order valence-corrected chi connectivity index (χ1v) is 12.5. The van der Waals surface area contributed by atoms with Crippen LogP contribution in [0.5, 0.6) is 5.75 Å². The third-order valence-corrected chi connectivity index (χ3v) is 5.94. The molecule has 0 saturated carbocycles. The second-order valence-corrected chi connectivity index (χ2v) is 9.26. The Morgan fingerprint density at radius 2 is 1.88 bits per heavy atom. The predicted octanol–water partition coefficient (Wildman–Crippen LogP) is 3.97. The van der Waals surface area contributed by atoms with Crippen LogP contribution in [0.2, 0.25) is 0 Å². The molecule has 0 fully saturated rings. The van der Waals surface area contributed by atoms with Crippen LogP contribution in [-0.4, -0.2) is 54.1 Å². The molecule has 206 valence electrons. The number of ether oxygens (including phenoxy) is 1. The van der Waals surface area contributed by atoms with Crippen LogP contribution in [0.3, 0.4) is 0 Å². The Morgan fingerprint density at radius 1 is 1.10 bits per heavy atom. The molecule has 40 heavy (non-hydrogen) atoms. The lowest BCUT2D eigenvalue weighted by atomic mass is 10.1. The van der Waals surface area contributed by atoms with Crippen molar-refractivity contribution in [2.45, 2.75) is 13.0 Å². The van der Waals surface area contributed by atoms with Crippen molar-refractivity contribution in [1.29, 1.82) is 0 Å². The van der Waals surface area contributed by atoms with Crippen molar-refractivity contribution in [3.05, 3.63) is 105 Å². The Balaban J connectivity index is 1.41. The highest BCUT2D eigenvalue weighted by Gasteiger charge is 2.14. The topological polar surface area (TPSA) is 76.5 Å². The molecular weight excluding hydrogens is 521 g/mol. The quantitative estimate of drug-likeness (QED) is 0.195. The zero-order valence-corrected chi connectivity index (χ0v) is 22.0. The maximum absolute atomic E-state index is 13.5. The number of rotatable bonds is 9. The van der Waals surface area contributed by atoms with Crippen molar-refractivity contribution < 1.29 is 22.7 Å². The highest BCUT2D eigenvalue weighted by atomic mass is 19.2. The van der Waals surface area contributed by atoms with E-state index in [2.05, 4.69) is 27.0 Å². The molecule has 0 aliphatic rings. The molecule has 0 aliphatic carbocycles. The van der Waals surface area contributed by atoms with Crippen LogP contribution in [0, 0.1) is 29.3 Å². The number of hydrogen-bond donors (Lipinski definition) is 1. The van der Waals surface area contributed by atoms with Gasteiger partial charge in [0.1, 0.15) is 11.3 Å². The Labute approximate surface area is 229 Å². The molecule has 0 aliphatic heterocycles. The summed E-state index contributed by atoms with van der Waals surface area (Å²) in [5.74, 6) is 1.61. The van der Waals surface area contributed by atoms with Gasteiger partial charge in [-0.15, -0.1) is 0 Å². The molecule has 0 atom stereocenters. The minimum Gasteiger partial charge on any atom is -0.493 e. The fourth-order valence-corrected chi connectivity index (χ4v) is 3.98. The number of amides is 1. The molecule has 0 unspecified atom stereocenters. The summed E-state index contributed by atoms with van der Waals surface area (Å²) in [6.07, 6.45) is 3.94. The highest BCUT2D eigenvalue weighted by molar-refractivity contribution is 5.94. The molecule has 2 aromatic heterocycles. The molecule has 1 N–H and O–H groups in total. The highest BCUT2D eigenvalue weighted by Crippen LogP contribution is 2.25. The van der Waals surface area contributed by atoms with E-state index in [1.807, 2.05) is 38.4 Å². The zero-order chi connectivity index (χ0) is 28.6. The molecule has 0 radical (unpaired) electrons. The van der Waals surface area contributed by atoms with Gasteiger partial charge >= 0.3 is 0 Å². The monoisotopic (exact) mass is 548 g/mol. The SMILES string of the molecule is CN(C)CCCOc1ccnc2ccc(C#CCNC(=O)c3cccn(Cc4cc(F)c(F)c(F)c4)c3=O)cc12. The average molecular weight is 549 g/mol. The van der Waals surface area contributed by atoms with E-state index >= 15 is 0 Å². The molecular formula is C30H27F3N4O3. The molecule has 4 aromatic rings. The maximum atomic E-state index is 13.5. The molecule has 0 bridgehead atoms. The van der Waals surface area contributed by atoms with Gasteiger partial charge in [-0.05, 0) is 74.6 Å². The molecule has 0 spiro atoms. The van der Waals surface area contributed by atoms with Crippen LogP contribution in [0.1, 0.15) is 27.9 Å². The Morgan fingerprint density at radius 3 is 2.62 bits per heavy atom. The van der Waals surface area contributed by atoms with E-state index in [4.69, 9.17) is 4.74 Å². The molecule has 2 heterocycles. The lowest BCUT2D eigenvalue weighted by molar-refractivity contribution is 0.0956. The second-order valence-electron chi connectivity index (χ2n) is 9.26. The summed E-state index contributed by atoms with van der Waals surface area (Å²) in [5.41, 5.74) is 0.678. The summed E-state index contributed by atoms with van der Waals surface area (Å²) in [6.45, 7) is 1.21. The van der Waals surface area contributed by atoms with Gasteiger partial charge in [0, 0.05) is 29.9 Å². The number of fused-ring (bicyclic) bond motifs is 1. The Bertz CT molecular complexity index is 1630. The van der Waals surface area contributed by atoms with Crippen molar-refractivity contribution in [3.8, 4) is 17.6 Å². The number of benzene rings is 2. The summed E-state index contributed by atoms with van der Waals surface area (Å²) in [4.78, 5) is 31.9. The third-order valence-electron chi connectivity index (χ3n) is 5.94. The largest absolute Gasteiger partial charge is 0.493 e. The number of carbonyl (C=O) groups is 1. The van der Waals surface area contributed by atoms with Crippen LogP contribution >= 0.6 is 0 Å². The molecule has 7 nitrogen and oxygen atoms in total. The van der Waals surface area contributed by atoms with Gasteiger partial charge in [-0.2, -0.15) is 0 Å². The fraction of sp³-hybridized carbons (Fsp3) is 0.233. The normalized spacial score (nSPS) is 10.8. The Kier molecular flexibility index (Phi) is 9.19. The standard InChI is InChI=1S/C30H27F3N4O3/c1-36(2)13-5-15-40-27-10-12-34-26-9-8-20(16-23(26)27)6-3-11-35-29(38)22-7-4-14-37(30(22)39)19-21-17-24(31)28(33)25(32)18-21/h4,7-10,12,14,16-18H,5,11,13,15,19H2,1-2H3,(H,35,38). The number of pyridine rings is 2. The molecule has 10 heteroatoms. The number of halogens is 3. The van der Waals surface area contributed by atoms with Gasteiger partial charge < -0.3 is 19.5 Å². The van der Waals surface area contributed by atoms with Gasteiger partial charge in [-0.3, -0.25) is 14.6 Å². The summed E-state index contributed by atoms with van der Waals surface area (Å²) in [6, 6.07) is 11.7. The first-order valence-electron chi connectivity index (χ1n) is 12.5. The van der Waals surface area contributed by atoms with Crippen LogP contribution < -0.4 is 15.6 Å². The smallest absolute Gasteiger partial charge is 0.263 e. The fourth-order valence-electron chi connectivity index (χ4n) is 3.98. The van der Waals surface area contributed by atoms with Crippen LogP contribution in [0.15, 0.2) is 65.7 Å². The molecule has 0 saturated heterocycles. The maximum Gasteiger partial charge on any atom is 0.263 e. The van der Waals surface area contributed by atoms with Gasteiger partial charge in [0.15, 0.2) is 17.5 Å². The van der Waals surface area contributed by atoms with Gasteiger partial charge in [-0.25, -0.2) is 13.2 Å². The average Bonchev–Trinajstić information content (AvgIpc) is 2.93. The zero-order valence-electron chi connectivity index (χ0n) is 22.0. The minimum atomic E-state index is -1.59. The van der Waals surface area contributed by atoms with Crippen LogP contribution in [0.4, 0.5) is 13.2 Å². The van der Waals surface area contributed by atoms with E-state index < -0.39 is 28.9 Å². The minimum absolute atomic E-state index is 0.0273.